The molecule has 1 aliphatic rings. The second-order valence-corrected chi connectivity index (χ2v) is 5.60. The average molecular weight is 329 g/mol. The normalized spacial score (nSPS) is 12.5. The summed E-state index contributed by atoms with van der Waals surface area (Å²) in [6, 6.07) is 11.8. The zero-order valence-corrected chi connectivity index (χ0v) is 13.6. The van der Waals surface area contributed by atoms with Gasteiger partial charge >= 0.3 is 5.97 Å². The molecule has 6 nitrogen and oxygen atoms in total. The van der Waals surface area contributed by atoms with Crippen LogP contribution in [0.1, 0.15) is 5.56 Å². The van der Waals surface area contributed by atoms with Crippen molar-refractivity contribution in [3.63, 3.8) is 0 Å². The lowest BCUT2D eigenvalue weighted by atomic mass is 9.97. The topological polar surface area (TPSA) is 68.2 Å². The highest BCUT2D eigenvalue weighted by Gasteiger charge is 2.26. The van der Waals surface area contributed by atoms with Gasteiger partial charge in [0.05, 0.1) is 13.7 Å². The number of hydrogen-bond acceptors (Lipinski definition) is 5. The molecule has 0 amide bonds. The molecule has 0 aromatic heterocycles. The number of rotatable bonds is 6. The van der Waals surface area contributed by atoms with Crippen molar-refractivity contribution in [2.75, 3.05) is 27.5 Å². The Balaban J connectivity index is 2.11. The minimum Gasteiger partial charge on any atom is -0.492 e. The number of benzene rings is 2. The molecule has 0 unspecified atom stereocenters. The van der Waals surface area contributed by atoms with E-state index in [1.807, 2.05) is 36.4 Å². The van der Waals surface area contributed by atoms with Crippen molar-refractivity contribution in [2.45, 2.75) is 6.54 Å². The summed E-state index contributed by atoms with van der Waals surface area (Å²) >= 11 is 0. The highest BCUT2D eigenvalue weighted by Crippen LogP contribution is 2.48. The first kappa shape index (κ1) is 16.1. The largest absolute Gasteiger partial charge is 0.492 e. The Morgan fingerprint density at radius 2 is 2.04 bits per heavy atom. The maximum absolute atomic E-state index is 11.0. The minimum atomic E-state index is -0.876. The van der Waals surface area contributed by atoms with E-state index < -0.39 is 5.97 Å². The van der Waals surface area contributed by atoms with Gasteiger partial charge in [-0.2, -0.15) is 0 Å². The third kappa shape index (κ3) is 3.14. The second-order valence-electron chi connectivity index (χ2n) is 5.60. The molecule has 0 radical (unpaired) electrons. The molecule has 6 heteroatoms. The number of ether oxygens (including phenoxy) is 3. The third-order valence-electron chi connectivity index (χ3n) is 3.84. The molecule has 0 fully saturated rings. The fourth-order valence-corrected chi connectivity index (χ4v) is 2.86. The summed E-state index contributed by atoms with van der Waals surface area (Å²) in [7, 11) is 3.33. The molecule has 1 heterocycles. The summed E-state index contributed by atoms with van der Waals surface area (Å²) < 4.78 is 16.6. The number of hydrogen-bond donors (Lipinski definition) is 1. The Morgan fingerprint density at radius 1 is 1.29 bits per heavy atom. The number of fused-ring (bicyclic) bond motifs is 1. The first-order chi connectivity index (χ1) is 11.6. The Morgan fingerprint density at radius 3 is 2.71 bits per heavy atom. The van der Waals surface area contributed by atoms with Gasteiger partial charge in [0.25, 0.3) is 0 Å². The zero-order chi connectivity index (χ0) is 17.1. The summed E-state index contributed by atoms with van der Waals surface area (Å²) in [5.41, 5.74) is 2.82. The van der Waals surface area contributed by atoms with Crippen LogP contribution < -0.4 is 14.2 Å². The predicted octanol–water partition coefficient (Wildman–Crippen LogP) is 2.61. The summed E-state index contributed by atoms with van der Waals surface area (Å²) in [4.78, 5) is 12.7. The molecule has 0 bridgehead atoms. The van der Waals surface area contributed by atoms with E-state index in [4.69, 9.17) is 19.3 Å². The van der Waals surface area contributed by atoms with E-state index in [9.17, 15) is 4.79 Å². The molecule has 3 rings (SSSR count). The van der Waals surface area contributed by atoms with Crippen molar-refractivity contribution in [3.05, 3.63) is 42.0 Å². The Hall–Kier alpha value is -2.73. The molecular weight excluding hydrogens is 310 g/mol. The van der Waals surface area contributed by atoms with Crippen molar-refractivity contribution in [1.29, 1.82) is 0 Å². The Kier molecular flexibility index (Phi) is 4.57. The van der Waals surface area contributed by atoms with Gasteiger partial charge in [0, 0.05) is 12.1 Å². The van der Waals surface area contributed by atoms with Gasteiger partial charge in [0.1, 0.15) is 0 Å². The molecule has 1 aliphatic heterocycles. The van der Waals surface area contributed by atoms with E-state index in [2.05, 4.69) is 0 Å². The predicted molar refractivity (Wildman–Crippen MR) is 88.5 cm³/mol. The van der Waals surface area contributed by atoms with Crippen LogP contribution in [-0.2, 0) is 11.3 Å². The maximum atomic E-state index is 11.0. The lowest BCUT2D eigenvalue weighted by Gasteiger charge is -2.21. The van der Waals surface area contributed by atoms with Crippen LogP contribution in [0.15, 0.2) is 36.4 Å². The van der Waals surface area contributed by atoms with Crippen molar-refractivity contribution in [3.8, 4) is 28.4 Å². The number of carboxylic acids is 1. The van der Waals surface area contributed by atoms with E-state index >= 15 is 0 Å². The quantitative estimate of drug-likeness (QED) is 0.879. The average Bonchev–Trinajstić information content (AvgIpc) is 3.02. The first-order valence-electron chi connectivity index (χ1n) is 7.55. The van der Waals surface area contributed by atoms with E-state index in [0.29, 0.717) is 23.8 Å². The smallest absolute Gasteiger partial charge is 0.317 e. The minimum absolute atomic E-state index is 0.0637. The molecule has 0 spiro atoms. The van der Waals surface area contributed by atoms with Crippen molar-refractivity contribution in [2.24, 2.45) is 0 Å². The van der Waals surface area contributed by atoms with Crippen molar-refractivity contribution >= 4 is 5.97 Å². The van der Waals surface area contributed by atoms with Gasteiger partial charge in [0.15, 0.2) is 11.5 Å². The van der Waals surface area contributed by atoms with Crippen LogP contribution in [0.4, 0.5) is 0 Å². The number of aliphatic carboxylic acids is 1. The summed E-state index contributed by atoms with van der Waals surface area (Å²) in [6.45, 7) is 0.497. The zero-order valence-electron chi connectivity index (χ0n) is 13.6. The van der Waals surface area contributed by atoms with Gasteiger partial charge in [-0.15, -0.1) is 0 Å². The molecule has 0 atom stereocenters. The monoisotopic (exact) mass is 329 g/mol. The van der Waals surface area contributed by atoms with Crippen LogP contribution >= 0.6 is 0 Å². The molecule has 0 saturated heterocycles. The standard InChI is InChI=1S/C18H19NO5/c1-19(10-16(20)21)9-14-13(12-6-4-3-5-7-12)8-15-18(17(14)22-2)24-11-23-15/h3-8H,9-11H2,1-2H3,(H,20,21). The molecule has 2 aromatic rings. The number of likely N-dealkylation sites (N-methyl/N-ethyl adjacent to an activating group) is 1. The van der Waals surface area contributed by atoms with Gasteiger partial charge in [-0.3, -0.25) is 9.69 Å². The highest BCUT2D eigenvalue weighted by molar-refractivity contribution is 5.76. The van der Waals surface area contributed by atoms with Crippen LogP contribution in [0.2, 0.25) is 0 Å². The van der Waals surface area contributed by atoms with Gasteiger partial charge < -0.3 is 19.3 Å². The third-order valence-corrected chi connectivity index (χ3v) is 3.84. The Labute approximate surface area is 140 Å². The number of methoxy groups -OCH3 is 1. The van der Waals surface area contributed by atoms with Gasteiger partial charge in [-0.1, -0.05) is 30.3 Å². The molecule has 0 aliphatic carbocycles. The molecule has 24 heavy (non-hydrogen) atoms. The van der Waals surface area contributed by atoms with Crippen LogP contribution in [-0.4, -0.2) is 43.5 Å². The van der Waals surface area contributed by atoms with E-state index in [-0.39, 0.29) is 13.3 Å². The fourth-order valence-electron chi connectivity index (χ4n) is 2.86. The second kappa shape index (κ2) is 6.80. The summed E-state index contributed by atoms with van der Waals surface area (Å²) in [5, 5.41) is 9.01. The summed E-state index contributed by atoms with van der Waals surface area (Å²) in [5.74, 6) is 0.908. The number of carbonyl (C=O) groups is 1. The van der Waals surface area contributed by atoms with Crippen LogP contribution in [0.25, 0.3) is 11.1 Å². The molecule has 0 saturated carbocycles. The van der Waals surface area contributed by atoms with E-state index in [1.165, 1.54) is 0 Å². The molecule has 1 N–H and O–H groups in total. The van der Waals surface area contributed by atoms with Gasteiger partial charge in [0.2, 0.25) is 12.5 Å². The first-order valence-corrected chi connectivity index (χ1v) is 7.55. The maximum Gasteiger partial charge on any atom is 0.317 e. The van der Waals surface area contributed by atoms with Crippen LogP contribution in [0.5, 0.6) is 17.2 Å². The van der Waals surface area contributed by atoms with Crippen molar-refractivity contribution < 1.29 is 24.1 Å². The lowest BCUT2D eigenvalue weighted by Crippen LogP contribution is -2.25. The molecule has 126 valence electrons. The van der Waals surface area contributed by atoms with Crippen LogP contribution in [0.3, 0.4) is 0 Å². The lowest BCUT2D eigenvalue weighted by molar-refractivity contribution is -0.138. The van der Waals surface area contributed by atoms with Crippen LogP contribution in [0, 0.1) is 0 Å². The molecular formula is C18H19NO5. The van der Waals surface area contributed by atoms with Crippen molar-refractivity contribution in [1.82, 2.24) is 4.90 Å². The fraction of sp³-hybridized carbons (Fsp3) is 0.278. The SMILES string of the molecule is COc1c(CN(C)CC(=O)O)c(-c2ccccc2)cc2c1OCO2. The van der Waals surface area contributed by atoms with Gasteiger partial charge in [-0.25, -0.2) is 0 Å². The Bertz CT molecular complexity index is 745. The van der Waals surface area contributed by atoms with Gasteiger partial charge in [-0.05, 0) is 24.2 Å². The van der Waals surface area contributed by atoms with E-state index in [1.54, 1.807) is 19.1 Å². The van der Waals surface area contributed by atoms with E-state index in [0.717, 1.165) is 16.7 Å². The number of nitrogens with zero attached hydrogens (tertiary/aromatic N) is 1. The molecule has 2 aromatic carbocycles. The highest BCUT2D eigenvalue weighted by atomic mass is 16.7. The number of carboxylic acid groups (broad SMARTS) is 1. The summed E-state index contributed by atoms with van der Waals surface area (Å²) in [6.07, 6.45) is 0.